The molecule has 1 nitrogen and oxygen atoms in total. The minimum Gasteiger partial charge on any atom is -0.309 e. The average molecular weight is 175 g/mol. The Morgan fingerprint density at radius 1 is 1.17 bits per heavy atom. The molecule has 0 aliphatic heterocycles. The summed E-state index contributed by atoms with van der Waals surface area (Å²) >= 11 is 0. The summed E-state index contributed by atoms with van der Waals surface area (Å²) in [7, 11) is 4.05. The molecule has 0 rings (SSSR count). The van der Waals surface area contributed by atoms with Gasteiger partial charge in [-0.05, 0) is 39.9 Å². The van der Waals surface area contributed by atoms with Crippen LogP contribution in [0.2, 0.25) is 0 Å². The predicted octanol–water partition coefficient (Wildman–Crippen LogP) is 2.86. The van der Waals surface area contributed by atoms with Crippen molar-refractivity contribution >= 4 is 0 Å². The van der Waals surface area contributed by atoms with Crippen LogP contribution in [0.5, 0.6) is 0 Å². The van der Waals surface area contributed by atoms with E-state index in [4.69, 9.17) is 0 Å². The number of unbranched alkanes of at least 4 members (excludes halogenated alkanes) is 1. The van der Waals surface area contributed by atoms with Crippen LogP contribution in [0.3, 0.4) is 0 Å². The van der Waals surface area contributed by atoms with E-state index < -0.39 is 6.17 Å². The maximum atomic E-state index is 13.0. The van der Waals surface area contributed by atoms with E-state index in [9.17, 15) is 4.39 Å². The van der Waals surface area contributed by atoms with Gasteiger partial charge in [0, 0.05) is 0 Å². The highest BCUT2D eigenvalue weighted by Gasteiger charge is 2.04. The first-order valence-corrected chi connectivity index (χ1v) is 4.95. The molecule has 0 fully saturated rings. The van der Waals surface area contributed by atoms with Crippen LogP contribution >= 0.6 is 0 Å². The zero-order valence-corrected chi connectivity index (χ0v) is 8.65. The van der Waals surface area contributed by atoms with Crippen LogP contribution in [-0.4, -0.2) is 31.7 Å². The Kier molecular flexibility index (Phi) is 7.47. The minimum atomic E-state index is -0.565. The largest absolute Gasteiger partial charge is 0.309 e. The van der Waals surface area contributed by atoms with Gasteiger partial charge in [-0.1, -0.05) is 19.8 Å². The van der Waals surface area contributed by atoms with E-state index in [1.54, 1.807) is 0 Å². The lowest BCUT2D eigenvalue weighted by atomic mass is 10.1. The van der Waals surface area contributed by atoms with E-state index in [2.05, 4.69) is 11.8 Å². The van der Waals surface area contributed by atoms with Gasteiger partial charge in [-0.3, -0.25) is 0 Å². The van der Waals surface area contributed by atoms with Crippen molar-refractivity contribution in [3.05, 3.63) is 0 Å². The second-order valence-electron chi connectivity index (χ2n) is 3.69. The van der Waals surface area contributed by atoms with Crippen molar-refractivity contribution in [2.24, 2.45) is 0 Å². The van der Waals surface area contributed by atoms with E-state index in [1.807, 2.05) is 14.1 Å². The highest BCUT2D eigenvalue weighted by atomic mass is 19.1. The summed E-state index contributed by atoms with van der Waals surface area (Å²) in [6.07, 6.45) is 4.04. The van der Waals surface area contributed by atoms with Gasteiger partial charge in [0.2, 0.25) is 0 Å². The van der Waals surface area contributed by atoms with Gasteiger partial charge < -0.3 is 4.90 Å². The molecule has 0 aromatic rings. The Hall–Kier alpha value is -0.110. The van der Waals surface area contributed by atoms with Crippen LogP contribution < -0.4 is 0 Å². The molecule has 0 aliphatic carbocycles. The van der Waals surface area contributed by atoms with Crippen LogP contribution in [-0.2, 0) is 0 Å². The van der Waals surface area contributed by atoms with Gasteiger partial charge in [0.05, 0.1) is 0 Å². The van der Waals surface area contributed by atoms with Crippen molar-refractivity contribution in [1.82, 2.24) is 4.90 Å². The fourth-order valence-electron chi connectivity index (χ4n) is 1.20. The number of hydrogen-bond donors (Lipinski definition) is 0. The third-order valence-electron chi connectivity index (χ3n) is 1.99. The number of halogens is 1. The number of alkyl halides is 1. The number of rotatable bonds is 7. The molecule has 0 aromatic heterocycles. The molecule has 12 heavy (non-hydrogen) atoms. The van der Waals surface area contributed by atoms with Gasteiger partial charge in [0.1, 0.15) is 6.17 Å². The molecule has 0 bridgehead atoms. The highest BCUT2D eigenvalue weighted by molar-refractivity contribution is 4.57. The van der Waals surface area contributed by atoms with Crippen LogP contribution in [0.1, 0.15) is 39.0 Å². The first-order valence-electron chi connectivity index (χ1n) is 4.95. The lowest BCUT2D eigenvalue weighted by molar-refractivity contribution is 0.269. The Bertz CT molecular complexity index is 93.8. The molecule has 74 valence electrons. The highest BCUT2D eigenvalue weighted by Crippen LogP contribution is 2.10. The average Bonchev–Trinajstić information content (AvgIpc) is 2.00. The summed E-state index contributed by atoms with van der Waals surface area (Å²) in [4.78, 5) is 2.10. The Balaban J connectivity index is 3.13. The van der Waals surface area contributed by atoms with Gasteiger partial charge in [-0.25, -0.2) is 4.39 Å². The topological polar surface area (TPSA) is 3.24 Å². The molecule has 0 spiro atoms. The van der Waals surface area contributed by atoms with E-state index >= 15 is 0 Å². The molecule has 0 heterocycles. The summed E-state index contributed by atoms with van der Waals surface area (Å²) in [6.45, 7) is 3.11. The Morgan fingerprint density at radius 2 is 1.75 bits per heavy atom. The summed E-state index contributed by atoms with van der Waals surface area (Å²) in [5.74, 6) is 0. The van der Waals surface area contributed by atoms with Crippen molar-refractivity contribution in [1.29, 1.82) is 0 Å². The van der Waals surface area contributed by atoms with Crippen molar-refractivity contribution in [3.63, 3.8) is 0 Å². The quantitative estimate of drug-likeness (QED) is 0.575. The lowest BCUT2D eigenvalue weighted by Gasteiger charge is -2.11. The second kappa shape index (κ2) is 7.53. The smallest absolute Gasteiger partial charge is 0.100 e. The van der Waals surface area contributed by atoms with E-state index in [-0.39, 0.29) is 0 Å². The standard InChI is InChI=1S/C10H22FN/c1-4-5-7-10(11)8-6-9-12(2)3/h10H,4-9H2,1-3H3/t10-/m0/s1. The maximum absolute atomic E-state index is 13.0. The van der Waals surface area contributed by atoms with Gasteiger partial charge >= 0.3 is 0 Å². The Labute approximate surface area is 75.9 Å². The van der Waals surface area contributed by atoms with E-state index in [0.29, 0.717) is 0 Å². The van der Waals surface area contributed by atoms with Gasteiger partial charge in [-0.15, -0.1) is 0 Å². The molecule has 1 atom stereocenters. The van der Waals surface area contributed by atoms with Crippen molar-refractivity contribution < 1.29 is 4.39 Å². The summed E-state index contributed by atoms with van der Waals surface area (Å²) in [5, 5.41) is 0. The van der Waals surface area contributed by atoms with E-state index in [0.717, 1.165) is 38.6 Å². The molecular weight excluding hydrogens is 153 g/mol. The minimum absolute atomic E-state index is 0.565. The van der Waals surface area contributed by atoms with Crippen LogP contribution in [0.4, 0.5) is 4.39 Å². The van der Waals surface area contributed by atoms with Gasteiger partial charge in [0.15, 0.2) is 0 Å². The fourth-order valence-corrected chi connectivity index (χ4v) is 1.20. The third-order valence-corrected chi connectivity index (χ3v) is 1.99. The van der Waals surface area contributed by atoms with Crippen LogP contribution in [0.15, 0.2) is 0 Å². The van der Waals surface area contributed by atoms with Crippen LogP contribution in [0.25, 0.3) is 0 Å². The van der Waals surface area contributed by atoms with Crippen molar-refractivity contribution in [2.75, 3.05) is 20.6 Å². The van der Waals surface area contributed by atoms with Gasteiger partial charge in [-0.2, -0.15) is 0 Å². The summed E-state index contributed by atoms with van der Waals surface area (Å²) < 4.78 is 13.0. The van der Waals surface area contributed by atoms with E-state index in [1.165, 1.54) is 0 Å². The molecule has 0 radical (unpaired) electrons. The third kappa shape index (κ3) is 7.99. The monoisotopic (exact) mass is 175 g/mol. The number of hydrogen-bond acceptors (Lipinski definition) is 1. The molecule has 2 heteroatoms. The molecule has 0 unspecified atom stereocenters. The first-order chi connectivity index (χ1) is 5.66. The van der Waals surface area contributed by atoms with Crippen molar-refractivity contribution in [2.45, 2.75) is 45.2 Å². The Morgan fingerprint density at radius 3 is 2.25 bits per heavy atom. The van der Waals surface area contributed by atoms with Gasteiger partial charge in [0.25, 0.3) is 0 Å². The molecule has 0 saturated carbocycles. The molecule has 0 N–H and O–H groups in total. The normalized spacial score (nSPS) is 13.8. The lowest BCUT2D eigenvalue weighted by Crippen LogP contribution is -2.14. The first kappa shape index (κ1) is 11.9. The predicted molar refractivity (Wildman–Crippen MR) is 52.2 cm³/mol. The summed E-state index contributed by atoms with van der Waals surface area (Å²) in [5.41, 5.74) is 0. The second-order valence-corrected chi connectivity index (χ2v) is 3.69. The van der Waals surface area contributed by atoms with Crippen molar-refractivity contribution in [3.8, 4) is 0 Å². The summed E-state index contributed by atoms with van der Waals surface area (Å²) in [6, 6.07) is 0. The zero-order chi connectivity index (χ0) is 9.40. The molecule has 0 amide bonds. The molecular formula is C10H22FN. The molecule has 0 aliphatic rings. The zero-order valence-electron chi connectivity index (χ0n) is 8.65. The maximum Gasteiger partial charge on any atom is 0.100 e. The number of nitrogens with zero attached hydrogens (tertiary/aromatic N) is 1. The molecule has 0 aromatic carbocycles. The molecule has 0 saturated heterocycles. The van der Waals surface area contributed by atoms with Crippen LogP contribution in [0, 0.1) is 0 Å². The SMILES string of the molecule is CCCC[C@H](F)CCCN(C)C. The fraction of sp³-hybridized carbons (Fsp3) is 1.00.